The van der Waals surface area contributed by atoms with Gasteiger partial charge in [0.2, 0.25) is 5.91 Å². The normalized spacial score (nSPS) is 25.8. The number of hydrogen-bond acceptors (Lipinski definition) is 5. The number of nitrogens with one attached hydrogen (secondary N) is 4. The Morgan fingerprint density at radius 2 is 1.81 bits per heavy atom. The molecule has 6 nitrogen and oxygen atoms in total. The van der Waals surface area contributed by atoms with Crippen LogP contribution in [0, 0.1) is 0 Å². The first kappa shape index (κ1) is 17.2. The number of morpholine rings is 1. The molecule has 2 saturated heterocycles. The molecule has 2 fully saturated rings. The lowest BCUT2D eigenvalue weighted by Gasteiger charge is -2.24. The standard InChI is InChI=1S/C20H24N4O2/c25-20(18-12-17(23-24-18)14-4-2-1-3-5-14)22-16-8-6-15(7-9-16)19-13-21-10-11-26-19/h1-9,17-19,21,23-24H,10-13H2,(H,22,25)/t17?,18?,19-/m1/s1. The quantitative estimate of drug-likeness (QED) is 0.676. The minimum atomic E-state index is -0.259. The van der Waals surface area contributed by atoms with Crippen LogP contribution in [0.1, 0.15) is 29.7 Å². The van der Waals surface area contributed by atoms with Crippen molar-refractivity contribution >= 4 is 11.6 Å². The largest absolute Gasteiger partial charge is 0.371 e. The Morgan fingerprint density at radius 3 is 2.54 bits per heavy atom. The van der Waals surface area contributed by atoms with Crippen LogP contribution in [0.15, 0.2) is 54.6 Å². The molecular formula is C20H24N4O2. The van der Waals surface area contributed by atoms with Gasteiger partial charge in [0.25, 0.3) is 0 Å². The van der Waals surface area contributed by atoms with Crippen LogP contribution in [0.5, 0.6) is 0 Å². The van der Waals surface area contributed by atoms with E-state index in [0.29, 0.717) is 0 Å². The van der Waals surface area contributed by atoms with Gasteiger partial charge in [0.15, 0.2) is 0 Å². The Hall–Kier alpha value is -2.25. The monoisotopic (exact) mass is 352 g/mol. The minimum absolute atomic E-state index is 0.0285. The van der Waals surface area contributed by atoms with Crippen LogP contribution < -0.4 is 21.5 Å². The molecule has 0 aromatic heterocycles. The summed E-state index contributed by atoms with van der Waals surface area (Å²) in [6.07, 6.45) is 0.802. The van der Waals surface area contributed by atoms with Crippen LogP contribution in [-0.4, -0.2) is 31.6 Å². The summed E-state index contributed by atoms with van der Waals surface area (Å²) < 4.78 is 5.75. The first-order chi connectivity index (χ1) is 12.8. The van der Waals surface area contributed by atoms with Crippen LogP contribution >= 0.6 is 0 Å². The summed E-state index contributed by atoms with van der Waals surface area (Å²) in [6, 6.07) is 17.9. The zero-order chi connectivity index (χ0) is 17.8. The van der Waals surface area contributed by atoms with Crippen molar-refractivity contribution in [2.75, 3.05) is 25.0 Å². The Balaban J connectivity index is 1.33. The topological polar surface area (TPSA) is 74.4 Å². The van der Waals surface area contributed by atoms with Crippen molar-refractivity contribution in [2.24, 2.45) is 0 Å². The first-order valence-electron chi connectivity index (χ1n) is 9.09. The summed E-state index contributed by atoms with van der Waals surface area (Å²) in [7, 11) is 0. The van der Waals surface area contributed by atoms with E-state index in [1.807, 2.05) is 42.5 Å². The van der Waals surface area contributed by atoms with Crippen molar-refractivity contribution in [3.8, 4) is 0 Å². The molecule has 136 valence electrons. The molecule has 0 radical (unpaired) electrons. The van der Waals surface area contributed by atoms with E-state index in [1.54, 1.807) is 0 Å². The predicted molar refractivity (Wildman–Crippen MR) is 100 cm³/mol. The number of carbonyl (C=O) groups excluding carboxylic acids is 1. The molecule has 4 N–H and O–H groups in total. The molecule has 6 heteroatoms. The number of benzene rings is 2. The highest BCUT2D eigenvalue weighted by atomic mass is 16.5. The van der Waals surface area contributed by atoms with Crippen LogP contribution in [-0.2, 0) is 9.53 Å². The van der Waals surface area contributed by atoms with E-state index in [-0.39, 0.29) is 24.1 Å². The summed E-state index contributed by atoms with van der Waals surface area (Å²) in [5, 5.41) is 6.31. The molecule has 4 rings (SSSR count). The fraction of sp³-hybridized carbons (Fsp3) is 0.350. The fourth-order valence-corrected chi connectivity index (χ4v) is 3.42. The fourth-order valence-electron chi connectivity index (χ4n) is 3.42. The number of ether oxygens (including phenoxy) is 1. The molecule has 2 aliphatic heterocycles. The zero-order valence-electron chi connectivity index (χ0n) is 14.6. The summed E-state index contributed by atoms with van der Waals surface area (Å²) in [4.78, 5) is 12.5. The number of carbonyl (C=O) groups is 1. The molecule has 0 spiro atoms. The van der Waals surface area contributed by atoms with Crippen LogP contribution in [0.2, 0.25) is 0 Å². The lowest BCUT2D eigenvalue weighted by atomic mass is 10.0. The third kappa shape index (κ3) is 3.94. The number of hydrogen-bond donors (Lipinski definition) is 4. The Bertz CT molecular complexity index is 729. The summed E-state index contributed by atoms with van der Waals surface area (Å²) in [5.41, 5.74) is 9.41. The van der Waals surface area contributed by atoms with E-state index in [2.05, 4.69) is 33.6 Å². The van der Waals surface area contributed by atoms with E-state index in [0.717, 1.165) is 37.4 Å². The maximum atomic E-state index is 12.5. The maximum Gasteiger partial charge on any atom is 0.242 e. The average molecular weight is 352 g/mol. The second-order valence-electron chi connectivity index (χ2n) is 6.72. The van der Waals surface area contributed by atoms with Gasteiger partial charge in [0.1, 0.15) is 6.04 Å². The van der Waals surface area contributed by atoms with Gasteiger partial charge in [-0.05, 0) is 29.7 Å². The zero-order valence-corrected chi connectivity index (χ0v) is 14.6. The van der Waals surface area contributed by atoms with E-state index in [9.17, 15) is 4.79 Å². The van der Waals surface area contributed by atoms with Crippen LogP contribution in [0.3, 0.4) is 0 Å². The smallest absolute Gasteiger partial charge is 0.242 e. The highest BCUT2D eigenvalue weighted by molar-refractivity contribution is 5.95. The van der Waals surface area contributed by atoms with Gasteiger partial charge in [-0.1, -0.05) is 42.5 Å². The summed E-state index contributed by atoms with van der Waals surface area (Å²) in [5.74, 6) is -0.0285. The summed E-state index contributed by atoms with van der Waals surface area (Å²) >= 11 is 0. The van der Waals surface area contributed by atoms with Gasteiger partial charge >= 0.3 is 0 Å². The van der Waals surface area contributed by atoms with Crippen LogP contribution in [0.25, 0.3) is 0 Å². The van der Waals surface area contributed by atoms with Gasteiger partial charge in [-0.2, -0.15) is 0 Å². The molecule has 0 aliphatic carbocycles. The third-order valence-electron chi connectivity index (χ3n) is 4.90. The van der Waals surface area contributed by atoms with E-state index in [4.69, 9.17) is 4.74 Å². The van der Waals surface area contributed by atoms with E-state index >= 15 is 0 Å². The molecule has 1 amide bonds. The van der Waals surface area contributed by atoms with Crippen molar-refractivity contribution in [1.29, 1.82) is 0 Å². The molecule has 3 atom stereocenters. The van der Waals surface area contributed by atoms with Crippen molar-refractivity contribution in [2.45, 2.75) is 24.6 Å². The molecule has 0 bridgehead atoms. The molecular weight excluding hydrogens is 328 g/mol. The molecule has 2 aliphatic rings. The van der Waals surface area contributed by atoms with Gasteiger partial charge in [-0.3, -0.25) is 4.79 Å². The molecule has 26 heavy (non-hydrogen) atoms. The minimum Gasteiger partial charge on any atom is -0.371 e. The van der Waals surface area contributed by atoms with Crippen LogP contribution in [0.4, 0.5) is 5.69 Å². The average Bonchev–Trinajstić information content (AvgIpc) is 3.20. The van der Waals surface area contributed by atoms with Gasteiger partial charge in [-0.15, -0.1) is 0 Å². The van der Waals surface area contributed by atoms with Gasteiger partial charge < -0.3 is 15.4 Å². The number of hydrazine groups is 1. The second kappa shape index (κ2) is 7.97. The van der Waals surface area contributed by atoms with Crippen molar-refractivity contribution in [3.63, 3.8) is 0 Å². The molecule has 2 heterocycles. The number of anilines is 1. The van der Waals surface area contributed by atoms with Gasteiger partial charge in [0, 0.05) is 24.8 Å². The van der Waals surface area contributed by atoms with E-state index in [1.165, 1.54) is 5.56 Å². The van der Waals surface area contributed by atoms with Crippen molar-refractivity contribution in [1.82, 2.24) is 16.2 Å². The predicted octanol–water partition coefficient (Wildman–Crippen LogP) is 1.89. The third-order valence-corrected chi connectivity index (χ3v) is 4.90. The van der Waals surface area contributed by atoms with Crippen molar-refractivity contribution in [3.05, 3.63) is 65.7 Å². The Morgan fingerprint density at radius 1 is 1.00 bits per heavy atom. The van der Waals surface area contributed by atoms with Gasteiger partial charge in [0.05, 0.1) is 12.7 Å². The van der Waals surface area contributed by atoms with E-state index < -0.39 is 0 Å². The summed E-state index contributed by atoms with van der Waals surface area (Å²) in [6.45, 7) is 2.45. The Labute approximate surface area is 153 Å². The Kier molecular flexibility index (Phi) is 5.26. The van der Waals surface area contributed by atoms with Gasteiger partial charge in [-0.25, -0.2) is 10.9 Å². The lowest BCUT2D eigenvalue weighted by Crippen LogP contribution is -2.39. The molecule has 0 saturated carbocycles. The maximum absolute atomic E-state index is 12.5. The number of rotatable bonds is 4. The lowest BCUT2D eigenvalue weighted by molar-refractivity contribution is -0.117. The second-order valence-corrected chi connectivity index (χ2v) is 6.72. The first-order valence-corrected chi connectivity index (χ1v) is 9.09. The SMILES string of the molecule is O=C(Nc1ccc([C@H]2CNCCO2)cc1)C1CC(c2ccccc2)NN1. The highest BCUT2D eigenvalue weighted by Crippen LogP contribution is 2.24. The highest BCUT2D eigenvalue weighted by Gasteiger charge is 2.30. The molecule has 2 aromatic carbocycles. The van der Waals surface area contributed by atoms with Crippen molar-refractivity contribution < 1.29 is 9.53 Å². The molecule has 2 unspecified atom stereocenters. The molecule has 2 aromatic rings. The number of amides is 1.